The number of nitrogens with two attached hydrogens (primary N) is 1. The maximum Gasteiger partial charge on any atom is 0.320 e. The Kier molecular flexibility index (Phi) is 5.52. The smallest absolute Gasteiger partial charge is 0.320 e. The number of unbranched alkanes of at least 4 members (excludes halogenated alkanes) is 1. The molecule has 2 aromatic carbocycles. The van der Waals surface area contributed by atoms with Gasteiger partial charge in [-0.1, -0.05) is 56.2 Å². The molecule has 0 saturated heterocycles. The Labute approximate surface area is 176 Å². The Morgan fingerprint density at radius 2 is 1.70 bits per heavy atom. The Bertz CT molecular complexity index is 913. The lowest BCUT2D eigenvalue weighted by Crippen LogP contribution is -2.32. The highest BCUT2D eigenvalue weighted by Gasteiger charge is 2.71. The van der Waals surface area contributed by atoms with Crippen molar-refractivity contribution < 1.29 is 24.2 Å². The first-order chi connectivity index (χ1) is 14.5. The van der Waals surface area contributed by atoms with Crippen molar-refractivity contribution in [1.29, 1.82) is 0 Å². The fourth-order valence-corrected chi connectivity index (χ4v) is 4.97. The average Bonchev–Trinajstić information content (AvgIpc) is 3.37. The summed E-state index contributed by atoms with van der Waals surface area (Å²) in [5, 5.41) is 9.92. The summed E-state index contributed by atoms with van der Waals surface area (Å²) in [4.78, 5) is 24.3. The normalized spacial score (nSPS) is 24.3. The molecule has 2 aromatic rings. The van der Waals surface area contributed by atoms with E-state index in [1.165, 1.54) is 0 Å². The second kappa shape index (κ2) is 8.11. The standard InChI is InChI=1S/C24H27NO5/c1-2-3-10-18-22(23(27)28)24(18,30-21(26)14-25)13-17-15-8-4-6-11-19(15)29-20-12-7-5-9-16(17)20/h4-9,11-12,17-18,22H,2-3,10,13-14,25H2,1H3,(H,27,28). The third-order valence-corrected chi connectivity index (χ3v) is 6.38. The predicted molar refractivity (Wildman–Crippen MR) is 111 cm³/mol. The maximum atomic E-state index is 12.2. The number of carboxylic acid groups (broad SMARTS) is 1. The zero-order valence-corrected chi connectivity index (χ0v) is 17.0. The van der Waals surface area contributed by atoms with Crippen LogP contribution in [0.5, 0.6) is 11.5 Å². The first-order valence-electron chi connectivity index (χ1n) is 10.5. The lowest BCUT2D eigenvalue weighted by atomic mass is 9.82. The van der Waals surface area contributed by atoms with Crippen LogP contribution in [0.15, 0.2) is 48.5 Å². The minimum Gasteiger partial charge on any atom is -0.481 e. The fraction of sp³-hybridized carbons (Fsp3) is 0.417. The van der Waals surface area contributed by atoms with Crippen LogP contribution < -0.4 is 10.5 Å². The molecule has 0 bridgehead atoms. The fourth-order valence-electron chi connectivity index (χ4n) is 4.97. The van der Waals surface area contributed by atoms with Gasteiger partial charge in [0.15, 0.2) is 0 Å². The minimum absolute atomic E-state index is 0.134. The second-order valence-electron chi connectivity index (χ2n) is 8.13. The van der Waals surface area contributed by atoms with E-state index in [1.807, 2.05) is 48.5 Å². The number of carboxylic acids is 1. The number of rotatable bonds is 8. The highest BCUT2D eigenvalue weighted by molar-refractivity contribution is 5.80. The Morgan fingerprint density at radius 3 is 2.23 bits per heavy atom. The zero-order valence-electron chi connectivity index (χ0n) is 17.0. The van der Waals surface area contributed by atoms with Gasteiger partial charge in [0.25, 0.3) is 0 Å². The first-order valence-corrected chi connectivity index (χ1v) is 10.5. The van der Waals surface area contributed by atoms with Crippen LogP contribution in [-0.2, 0) is 14.3 Å². The van der Waals surface area contributed by atoms with E-state index in [-0.39, 0.29) is 18.4 Å². The number of fused-ring (bicyclic) bond motifs is 2. The van der Waals surface area contributed by atoms with Crippen molar-refractivity contribution in [2.45, 2.75) is 44.1 Å². The number of aliphatic carboxylic acids is 1. The molecule has 1 heterocycles. The summed E-state index contributed by atoms with van der Waals surface area (Å²) in [6.45, 7) is 1.80. The molecular weight excluding hydrogens is 382 g/mol. The molecule has 2 aliphatic rings. The van der Waals surface area contributed by atoms with Gasteiger partial charge in [-0.15, -0.1) is 0 Å². The Morgan fingerprint density at radius 1 is 1.10 bits per heavy atom. The Hall–Kier alpha value is -2.86. The van der Waals surface area contributed by atoms with Crippen LogP contribution in [0.3, 0.4) is 0 Å². The molecule has 0 amide bonds. The van der Waals surface area contributed by atoms with Crippen LogP contribution in [0.1, 0.15) is 49.7 Å². The SMILES string of the molecule is CCCCC1C(C(=O)O)C1(CC1c2ccccc2Oc2ccccc21)OC(=O)CN. The molecule has 3 unspecified atom stereocenters. The number of ether oxygens (including phenoxy) is 2. The summed E-state index contributed by atoms with van der Waals surface area (Å²) >= 11 is 0. The van der Waals surface area contributed by atoms with E-state index in [1.54, 1.807) is 0 Å². The lowest BCUT2D eigenvalue weighted by Gasteiger charge is -2.31. The van der Waals surface area contributed by atoms with E-state index in [9.17, 15) is 14.7 Å². The van der Waals surface area contributed by atoms with Crippen molar-refractivity contribution in [3.05, 3.63) is 59.7 Å². The van der Waals surface area contributed by atoms with Gasteiger partial charge in [0, 0.05) is 23.0 Å². The summed E-state index contributed by atoms with van der Waals surface area (Å²) in [5.41, 5.74) is 6.42. The first kappa shape index (κ1) is 20.4. The summed E-state index contributed by atoms with van der Waals surface area (Å²) < 4.78 is 11.9. The minimum atomic E-state index is -1.06. The predicted octanol–water partition coefficient (Wildman–Crippen LogP) is 4.08. The number of esters is 1. The summed E-state index contributed by atoms with van der Waals surface area (Å²) in [6.07, 6.45) is 2.93. The summed E-state index contributed by atoms with van der Waals surface area (Å²) in [5.74, 6) is -1.05. The molecule has 3 N–H and O–H groups in total. The highest BCUT2D eigenvalue weighted by atomic mass is 16.6. The van der Waals surface area contributed by atoms with E-state index in [0.29, 0.717) is 12.8 Å². The second-order valence-corrected chi connectivity index (χ2v) is 8.13. The molecule has 158 valence electrons. The van der Waals surface area contributed by atoms with Gasteiger partial charge in [-0.25, -0.2) is 0 Å². The number of benzene rings is 2. The summed E-state index contributed by atoms with van der Waals surface area (Å²) in [6, 6.07) is 15.5. The van der Waals surface area contributed by atoms with E-state index in [4.69, 9.17) is 15.2 Å². The van der Waals surface area contributed by atoms with Crippen LogP contribution in [0.25, 0.3) is 0 Å². The van der Waals surface area contributed by atoms with Gasteiger partial charge in [0.2, 0.25) is 0 Å². The van der Waals surface area contributed by atoms with Crippen LogP contribution in [-0.4, -0.2) is 29.2 Å². The number of hydrogen-bond donors (Lipinski definition) is 2. The third-order valence-electron chi connectivity index (χ3n) is 6.38. The molecule has 30 heavy (non-hydrogen) atoms. The maximum absolute atomic E-state index is 12.2. The molecule has 3 atom stereocenters. The summed E-state index contributed by atoms with van der Waals surface area (Å²) in [7, 11) is 0. The third kappa shape index (κ3) is 3.45. The van der Waals surface area contributed by atoms with E-state index < -0.39 is 23.5 Å². The molecule has 6 nitrogen and oxygen atoms in total. The molecule has 0 aromatic heterocycles. The molecule has 0 spiro atoms. The molecule has 1 aliphatic heterocycles. The van der Waals surface area contributed by atoms with Crippen molar-refractivity contribution in [3.63, 3.8) is 0 Å². The number of hydrogen-bond acceptors (Lipinski definition) is 5. The van der Waals surface area contributed by atoms with Gasteiger partial charge < -0.3 is 20.3 Å². The number of carbonyl (C=O) groups is 2. The molecule has 1 aliphatic carbocycles. The van der Waals surface area contributed by atoms with Gasteiger partial charge in [0.1, 0.15) is 23.0 Å². The van der Waals surface area contributed by atoms with Crippen molar-refractivity contribution in [2.24, 2.45) is 17.6 Å². The van der Waals surface area contributed by atoms with Crippen molar-refractivity contribution in [2.75, 3.05) is 6.54 Å². The van der Waals surface area contributed by atoms with Gasteiger partial charge in [-0.3, -0.25) is 9.59 Å². The van der Waals surface area contributed by atoms with Crippen LogP contribution in [0, 0.1) is 11.8 Å². The molecule has 4 rings (SSSR count). The van der Waals surface area contributed by atoms with E-state index >= 15 is 0 Å². The average molecular weight is 409 g/mol. The van der Waals surface area contributed by atoms with Gasteiger partial charge in [-0.2, -0.15) is 0 Å². The Balaban J connectivity index is 1.75. The van der Waals surface area contributed by atoms with E-state index in [2.05, 4.69) is 6.92 Å². The molecule has 0 radical (unpaired) electrons. The van der Waals surface area contributed by atoms with Gasteiger partial charge in [-0.05, 0) is 25.0 Å². The molecule has 1 fully saturated rings. The van der Waals surface area contributed by atoms with Gasteiger partial charge >= 0.3 is 11.9 Å². The van der Waals surface area contributed by atoms with Crippen LogP contribution in [0.4, 0.5) is 0 Å². The quantitative estimate of drug-likeness (QED) is 0.638. The highest BCUT2D eigenvalue weighted by Crippen LogP contribution is 2.62. The van der Waals surface area contributed by atoms with Crippen molar-refractivity contribution in [1.82, 2.24) is 0 Å². The molecule has 6 heteroatoms. The topological polar surface area (TPSA) is 98.9 Å². The molecular formula is C24H27NO5. The number of para-hydroxylation sites is 2. The zero-order chi connectivity index (χ0) is 21.3. The number of carbonyl (C=O) groups excluding carboxylic acids is 1. The van der Waals surface area contributed by atoms with Crippen LogP contribution in [0.2, 0.25) is 0 Å². The van der Waals surface area contributed by atoms with Crippen molar-refractivity contribution in [3.8, 4) is 11.5 Å². The lowest BCUT2D eigenvalue weighted by molar-refractivity contribution is -0.154. The molecule has 1 saturated carbocycles. The monoisotopic (exact) mass is 409 g/mol. The van der Waals surface area contributed by atoms with Crippen molar-refractivity contribution >= 4 is 11.9 Å². The van der Waals surface area contributed by atoms with Gasteiger partial charge in [0.05, 0.1) is 6.54 Å². The largest absolute Gasteiger partial charge is 0.481 e. The van der Waals surface area contributed by atoms with E-state index in [0.717, 1.165) is 35.5 Å². The van der Waals surface area contributed by atoms with Crippen LogP contribution >= 0.6 is 0 Å².